The van der Waals surface area contributed by atoms with Crippen LogP contribution in [0, 0.1) is 11.1 Å². The minimum atomic E-state index is -0.505. The Bertz CT molecular complexity index is 434. The molecule has 0 N–H and O–H groups in total. The minimum absolute atomic E-state index is 0.0309. The van der Waals surface area contributed by atoms with Crippen molar-refractivity contribution in [3.63, 3.8) is 0 Å². The van der Waals surface area contributed by atoms with Crippen LogP contribution in [-0.4, -0.2) is 23.6 Å². The van der Waals surface area contributed by atoms with Crippen LogP contribution in [0.4, 0.5) is 0 Å². The molecule has 0 saturated heterocycles. The molecule has 1 aromatic carbocycles. The van der Waals surface area contributed by atoms with Crippen LogP contribution in [0.15, 0.2) is 30.3 Å². The Balaban J connectivity index is 3.10. The molecular formula is C16H25NO2. The quantitative estimate of drug-likeness (QED) is 0.360. The van der Waals surface area contributed by atoms with E-state index in [0.717, 1.165) is 10.3 Å². The topological polar surface area (TPSA) is 35.3 Å². The number of hydrogen-bond donors (Lipinski definition) is 0. The predicted octanol–water partition coefficient (Wildman–Crippen LogP) is 3.56. The molecule has 0 aliphatic carbocycles. The lowest BCUT2D eigenvalue weighted by molar-refractivity contribution is -0.533. The van der Waals surface area contributed by atoms with Gasteiger partial charge in [-0.05, 0) is 12.5 Å². The highest BCUT2D eigenvalue weighted by Gasteiger charge is 2.35. The van der Waals surface area contributed by atoms with Crippen molar-refractivity contribution < 1.29 is 9.48 Å². The van der Waals surface area contributed by atoms with Crippen LogP contribution in [0.2, 0.25) is 0 Å². The van der Waals surface area contributed by atoms with Gasteiger partial charge in [-0.3, -0.25) is 0 Å². The number of ether oxygens (including phenoxy) is 1. The molecule has 0 radical (unpaired) electrons. The largest absolute Gasteiger partial charge is 0.624 e. The van der Waals surface area contributed by atoms with Gasteiger partial charge in [0.1, 0.15) is 5.60 Å². The highest BCUT2D eigenvalue weighted by Crippen LogP contribution is 2.32. The summed E-state index contributed by atoms with van der Waals surface area (Å²) < 4.78 is 6.71. The van der Waals surface area contributed by atoms with E-state index in [1.54, 1.807) is 13.3 Å². The number of rotatable bonds is 4. The molecule has 0 amide bonds. The average molecular weight is 263 g/mol. The van der Waals surface area contributed by atoms with Crippen molar-refractivity contribution in [2.24, 2.45) is 5.92 Å². The second-order valence-electron chi connectivity index (χ2n) is 6.11. The fourth-order valence-electron chi connectivity index (χ4n) is 1.90. The van der Waals surface area contributed by atoms with Gasteiger partial charge in [-0.25, -0.2) is 4.74 Å². The van der Waals surface area contributed by atoms with E-state index in [0.29, 0.717) is 0 Å². The summed E-state index contributed by atoms with van der Waals surface area (Å²) in [5, 5.41) is 12.1. The molecule has 0 unspecified atom stereocenters. The van der Waals surface area contributed by atoms with Crippen molar-refractivity contribution in [3.8, 4) is 0 Å². The van der Waals surface area contributed by atoms with Gasteiger partial charge in [-0.2, -0.15) is 0 Å². The number of hydrogen-bond acceptors (Lipinski definition) is 2. The summed E-state index contributed by atoms with van der Waals surface area (Å²) in [6.45, 7) is 9.72. The van der Waals surface area contributed by atoms with Crippen molar-refractivity contribution in [3.05, 3.63) is 41.1 Å². The third-order valence-electron chi connectivity index (χ3n) is 3.66. The zero-order chi connectivity index (χ0) is 14.7. The van der Waals surface area contributed by atoms with Gasteiger partial charge in [0, 0.05) is 27.9 Å². The highest BCUT2D eigenvalue weighted by molar-refractivity contribution is 5.58. The summed E-state index contributed by atoms with van der Waals surface area (Å²) in [5.74, 6) is -0.0309. The van der Waals surface area contributed by atoms with Gasteiger partial charge in [-0.15, -0.1) is 0 Å². The molecule has 3 nitrogen and oxygen atoms in total. The second-order valence-corrected chi connectivity index (χ2v) is 6.11. The Labute approximate surface area is 116 Å². The molecule has 106 valence electrons. The van der Waals surface area contributed by atoms with Gasteiger partial charge < -0.3 is 9.94 Å². The highest BCUT2D eigenvalue weighted by atomic mass is 16.5. The number of methoxy groups -OCH3 is 1. The van der Waals surface area contributed by atoms with E-state index in [1.807, 2.05) is 65.0 Å². The van der Waals surface area contributed by atoms with Gasteiger partial charge in [-0.1, -0.05) is 37.3 Å². The zero-order valence-corrected chi connectivity index (χ0v) is 12.8. The van der Waals surface area contributed by atoms with E-state index in [2.05, 4.69) is 0 Å². The van der Waals surface area contributed by atoms with Crippen molar-refractivity contribution in [2.75, 3.05) is 7.11 Å². The Hall–Kier alpha value is -1.35. The lowest BCUT2D eigenvalue weighted by Gasteiger charge is -2.33. The number of benzene rings is 1. The smallest absolute Gasteiger partial charge is 0.164 e. The number of nitrogens with zero attached hydrogens (tertiary/aromatic N) is 1. The summed E-state index contributed by atoms with van der Waals surface area (Å²) in [6, 6.07) is 10.00. The third-order valence-corrected chi connectivity index (χ3v) is 3.66. The monoisotopic (exact) mass is 263 g/mol. The molecule has 0 aliphatic heterocycles. The van der Waals surface area contributed by atoms with Gasteiger partial charge in [0.15, 0.2) is 11.8 Å². The molecule has 3 heteroatoms. The predicted molar refractivity (Wildman–Crippen MR) is 79.4 cm³/mol. The minimum Gasteiger partial charge on any atom is -0.624 e. The van der Waals surface area contributed by atoms with Gasteiger partial charge in [0.2, 0.25) is 0 Å². The summed E-state index contributed by atoms with van der Waals surface area (Å²) in [4.78, 5) is 0. The summed E-state index contributed by atoms with van der Waals surface area (Å²) in [6.07, 6.45) is 1.70. The van der Waals surface area contributed by atoms with Crippen LogP contribution < -0.4 is 0 Å². The van der Waals surface area contributed by atoms with Gasteiger partial charge in [0.05, 0.1) is 5.92 Å². The number of hydroxylamine groups is 1. The lowest BCUT2D eigenvalue weighted by atomic mass is 9.84. The first-order valence-corrected chi connectivity index (χ1v) is 6.64. The Morgan fingerprint density at radius 1 is 1.16 bits per heavy atom. The molecule has 0 aromatic heterocycles. The van der Waals surface area contributed by atoms with Gasteiger partial charge in [0.25, 0.3) is 0 Å². The molecule has 0 spiro atoms. The van der Waals surface area contributed by atoms with Crippen LogP contribution in [-0.2, 0) is 10.3 Å². The van der Waals surface area contributed by atoms with E-state index in [9.17, 15) is 5.21 Å². The molecule has 1 aromatic rings. The molecule has 0 bridgehead atoms. The SMILES string of the molecule is CO[C@](C)(c1ccccc1)[C@H](C)/C=[N+](\[O-])C(C)(C)C. The fraction of sp³-hybridized carbons (Fsp3) is 0.562. The second kappa shape index (κ2) is 5.74. The van der Waals surface area contributed by atoms with Crippen molar-refractivity contribution in [1.82, 2.24) is 0 Å². The molecule has 0 aliphatic rings. The molecule has 0 fully saturated rings. The van der Waals surface area contributed by atoms with Crippen LogP contribution in [0.1, 0.15) is 40.2 Å². The summed E-state index contributed by atoms with van der Waals surface area (Å²) in [5.41, 5.74) is 0.137. The van der Waals surface area contributed by atoms with E-state index < -0.39 is 11.1 Å². The van der Waals surface area contributed by atoms with Crippen LogP contribution in [0.5, 0.6) is 0 Å². The van der Waals surface area contributed by atoms with E-state index in [4.69, 9.17) is 4.74 Å². The first-order chi connectivity index (χ1) is 8.71. The first kappa shape index (κ1) is 15.7. The van der Waals surface area contributed by atoms with E-state index in [-0.39, 0.29) is 5.92 Å². The fourth-order valence-corrected chi connectivity index (χ4v) is 1.90. The van der Waals surface area contributed by atoms with Crippen molar-refractivity contribution >= 4 is 6.21 Å². The summed E-state index contributed by atoms with van der Waals surface area (Å²) >= 11 is 0. The Morgan fingerprint density at radius 3 is 2.11 bits per heavy atom. The Kier molecular flexibility index (Phi) is 4.75. The maximum atomic E-state index is 12.1. The van der Waals surface area contributed by atoms with E-state index in [1.165, 1.54) is 0 Å². The molecule has 19 heavy (non-hydrogen) atoms. The Morgan fingerprint density at radius 2 is 1.68 bits per heavy atom. The first-order valence-electron chi connectivity index (χ1n) is 6.64. The van der Waals surface area contributed by atoms with Crippen LogP contribution in [0.25, 0.3) is 0 Å². The lowest BCUT2D eigenvalue weighted by Crippen LogP contribution is -2.38. The standard InChI is InChI=1S/C16H25NO2/c1-13(12-17(18)15(2,3)4)16(5,19-6)14-10-8-7-9-11-14/h7-13H,1-6H3/b17-12-/t13-,16+/m1/s1. The maximum absolute atomic E-state index is 12.1. The average Bonchev–Trinajstić information content (AvgIpc) is 2.37. The third kappa shape index (κ3) is 3.57. The zero-order valence-electron chi connectivity index (χ0n) is 12.8. The van der Waals surface area contributed by atoms with Crippen molar-refractivity contribution in [2.45, 2.75) is 45.8 Å². The molecular weight excluding hydrogens is 238 g/mol. The van der Waals surface area contributed by atoms with Gasteiger partial charge >= 0.3 is 0 Å². The molecule has 0 heterocycles. The van der Waals surface area contributed by atoms with Crippen molar-refractivity contribution in [1.29, 1.82) is 0 Å². The normalized spacial score (nSPS) is 17.9. The molecule has 1 rings (SSSR count). The summed E-state index contributed by atoms with van der Waals surface area (Å²) in [7, 11) is 1.68. The molecule has 2 atom stereocenters. The maximum Gasteiger partial charge on any atom is 0.164 e. The molecule has 0 saturated carbocycles. The van der Waals surface area contributed by atoms with Crippen LogP contribution >= 0.6 is 0 Å². The van der Waals surface area contributed by atoms with E-state index >= 15 is 0 Å². The van der Waals surface area contributed by atoms with Crippen LogP contribution in [0.3, 0.4) is 0 Å².